The van der Waals surface area contributed by atoms with E-state index in [1.807, 2.05) is 103 Å². The van der Waals surface area contributed by atoms with Gasteiger partial charge in [0.1, 0.15) is 12.1 Å². The maximum absolute atomic E-state index is 14.6. The van der Waals surface area contributed by atoms with E-state index >= 15 is 0 Å². The average Bonchev–Trinajstić information content (AvgIpc) is 3.12. The minimum absolute atomic E-state index is 0.241. The molecular weight excluding hydrogens is 584 g/mol. The second-order valence-electron chi connectivity index (χ2n) is 11.9. The lowest BCUT2D eigenvalue weighted by atomic mass is 9.98. The fourth-order valence-corrected chi connectivity index (χ4v) is 5.88. The van der Waals surface area contributed by atoms with Crippen LogP contribution in [0, 0.1) is 0 Å². The summed E-state index contributed by atoms with van der Waals surface area (Å²) in [5.41, 5.74) is 10.1. The van der Waals surface area contributed by atoms with Crippen LogP contribution in [-0.4, -0.2) is 60.2 Å². The van der Waals surface area contributed by atoms with Crippen molar-refractivity contribution in [2.75, 3.05) is 20.6 Å². The Kier molecular flexibility index (Phi) is 11.1. The predicted octanol–water partition coefficient (Wildman–Crippen LogP) is 5.41. The fourth-order valence-electron chi connectivity index (χ4n) is 5.88. The summed E-state index contributed by atoms with van der Waals surface area (Å²) in [7, 11) is 3.31. The van der Waals surface area contributed by atoms with Gasteiger partial charge in [0.25, 0.3) is 5.91 Å². The van der Waals surface area contributed by atoms with Crippen molar-refractivity contribution < 1.29 is 14.4 Å². The van der Waals surface area contributed by atoms with Crippen LogP contribution in [0.25, 0.3) is 10.8 Å². The first-order valence-corrected chi connectivity index (χ1v) is 16.0. The maximum atomic E-state index is 14.6. The number of amides is 3. The van der Waals surface area contributed by atoms with E-state index in [9.17, 15) is 14.4 Å². The van der Waals surface area contributed by atoms with Crippen molar-refractivity contribution in [3.8, 4) is 0 Å². The van der Waals surface area contributed by atoms with Crippen LogP contribution in [0.15, 0.2) is 127 Å². The Balaban J connectivity index is 1.44. The molecule has 0 saturated heterocycles. The second-order valence-corrected chi connectivity index (χ2v) is 11.9. The summed E-state index contributed by atoms with van der Waals surface area (Å²) in [5, 5.41) is 5.20. The molecule has 5 aromatic rings. The number of rotatable bonds is 13. The SMILES string of the molecule is CN(C(=O)c1cccc(CN)c1)C(Cc1ccc2ccccc2c1)C(=O)N(C)C(Cc1ccccc1)C(=O)NCCc1ccccc1. The molecule has 5 aromatic carbocycles. The first-order chi connectivity index (χ1) is 22.8. The zero-order valence-electron chi connectivity index (χ0n) is 27.0. The lowest BCUT2D eigenvalue weighted by Gasteiger charge is -2.35. The van der Waals surface area contributed by atoms with Crippen LogP contribution in [0.5, 0.6) is 0 Å². The number of carbonyl (C=O) groups excluding carboxylic acids is 3. The van der Waals surface area contributed by atoms with Crippen LogP contribution < -0.4 is 11.1 Å². The van der Waals surface area contributed by atoms with Crippen molar-refractivity contribution in [3.05, 3.63) is 155 Å². The van der Waals surface area contributed by atoms with Crippen molar-refractivity contribution in [3.63, 3.8) is 0 Å². The summed E-state index contributed by atoms with van der Waals surface area (Å²) in [4.78, 5) is 45.3. The quantitative estimate of drug-likeness (QED) is 0.183. The van der Waals surface area contributed by atoms with Crippen molar-refractivity contribution >= 4 is 28.5 Å². The van der Waals surface area contributed by atoms with Gasteiger partial charge in [0.05, 0.1) is 0 Å². The van der Waals surface area contributed by atoms with E-state index in [0.29, 0.717) is 31.5 Å². The number of nitrogens with zero attached hydrogens (tertiary/aromatic N) is 2. The van der Waals surface area contributed by atoms with Crippen LogP contribution in [-0.2, 0) is 35.4 Å². The summed E-state index contributed by atoms with van der Waals surface area (Å²) >= 11 is 0. The number of nitrogens with one attached hydrogen (secondary N) is 1. The smallest absolute Gasteiger partial charge is 0.254 e. The molecule has 0 aliphatic heterocycles. The van der Waals surface area contributed by atoms with E-state index in [0.717, 1.165) is 33.0 Å². The number of hydrogen-bond donors (Lipinski definition) is 2. The highest BCUT2D eigenvalue weighted by molar-refractivity contribution is 5.98. The Morgan fingerprint density at radius 3 is 1.94 bits per heavy atom. The molecule has 2 unspecified atom stereocenters. The summed E-state index contributed by atoms with van der Waals surface area (Å²) in [5.74, 6) is -0.849. The molecule has 5 rings (SSSR count). The lowest BCUT2D eigenvalue weighted by molar-refractivity contribution is -0.142. The Morgan fingerprint density at radius 1 is 0.617 bits per heavy atom. The number of carbonyl (C=O) groups is 3. The number of likely N-dealkylation sites (N-methyl/N-ethyl adjacent to an activating group) is 2. The van der Waals surface area contributed by atoms with E-state index < -0.39 is 12.1 Å². The van der Waals surface area contributed by atoms with Crippen molar-refractivity contribution in [2.45, 2.75) is 37.9 Å². The topological polar surface area (TPSA) is 95.7 Å². The van der Waals surface area contributed by atoms with Crippen LogP contribution in [0.3, 0.4) is 0 Å². The number of fused-ring (bicyclic) bond motifs is 1. The van der Waals surface area contributed by atoms with Crippen molar-refractivity contribution in [2.24, 2.45) is 5.73 Å². The van der Waals surface area contributed by atoms with Crippen LogP contribution >= 0.6 is 0 Å². The van der Waals surface area contributed by atoms with Gasteiger partial charge in [-0.05, 0) is 51.6 Å². The van der Waals surface area contributed by atoms with Gasteiger partial charge in [0, 0.05) is 45.6 Å². The largest absolute Gasteiger partial charge is 0.354 e. The van der Waals surface area contributed by atoms with Gasteiger partial charge < -0.3 is 20.9 Å². The average molecular weight is 627 g/mol. The summed E-state index contributed by atoms with van der Waals surface area (Å²) in [6.45, 7) is 0.736. The van der Waals surface area contributed by atoms with Gasteiger partial charge >= 0.3 is 0 Å². The number of benzene rings is 5. The third-order valence-corrected chi connectivity index (χ3v) is 8.67. The van der Waals surface area contributed by atoms with E-state index in [4.69, 9.17) is 5.73 Å². The molecule has 3 amide bonds. The molecular formula is C40H42N4O3. The van der Waals surface area contributed by atoms with Gasteiger partial charge in [0.2, 0.25) is 11.8 Å². The molecule has 47 heavy (non-hydrogen) atoms. The minimum atomic E-state index is -0.870. The highest BCUT2D eigenvalue weighted by atomic mass is 16.2. The third kappa shape index (κ3) is 8.51. The van der Waals surface area contributed by atoms with Crippen molar-refractivity contribution in [1.82, 2.24) is 15.1 Å². The Hall–Kier alpha value is -5.27. The Morgan fingerprint density at radius 2 is 1.23 bits per heavy atom. The molecule has 7 heteroatoms. The Bertz CT molecular complexity index is 1810. The van der Waals surface area contributed by atoms with Gasteiger partial charge in [-0.2, -0.15) is 0 Å². The molecule has 0 aliphatic rings. The van der Waals surface area contributed by atoms with Crippen LogP contribution in [0.4, 0.5) is 0 Å². The van der Waals surface area contributed by atoms with E-state index in [2.05, 4.69) is 11.4 Å². The third-order valence-electron chi connectivity index (χ3n) is 8.67. The summed E-state index contributed by atoms with van der Waals surface area (Å²) in [6, 6.07) is 39.3. The van der Waals surface area contributed by atoms with E-state index in [-0.39, 0.29) is 24.1 Å². The van der Waals surface area contributed by atoms with Crippen molar-refractivity contribution in [1.29, 1.82) is 0 Å². The van der Waals surface area contributed by atoms with Gasteiger partial charge in [-0.1, -0.05) is 115 Å². The molecule has 0 spiro atoms. The molecule has 3 N–H and O–H groups in total. The van der Waals surface area contributed by atoms with Gasteiger partial charge in [-0.3, -0.25) is 14.4 Å². The first-order valence-electron chi connectivity index (χ1n) is 16.0. The predicted molar refractivity (Wildman–Crippen MR) is 188 cm³/mol. The van der Waals surface area contributed by atoms with Gasteiger partial charge in [-0.25, -0.2) is 0 Å². The standard InChI is InChI=1S/C40H42N4O3/c1-43(36(26-30-14-7-4-8-15-30)38(45)42-23-22-29-12-5-3-6-13-29)40(47)37(27-31-20-21-33-17-9-10-18-34(33)24-31)44(2)39(46)35-19-11-16-32(25-35)28-41/h3-21,24-25,36-37H,22-23,26-28,41H2,1-2H3,(H,42,45). The van der Waals surface area contributed by atoms with E-state index in [1.54, 1.807) is 32.3 Å². The zero-order valence-corrected chi connectivity index (χ0v) is 27.0. The van der Waals surface area contributed by atoms with Crippen LogP contribution in [0.1, 0.15) is 32.6 Å². The highest BCUT2D eigenvalue weighted by Crippen LogP contribution is 2.21. The summed E-state index contributed by atoms with van der Waals surface area (Å²) < 4.78 is 0. The molecule has 240 valence electrons. The van der Waals surface area contributed by atoms with E-state index in [1.165, 1.54) is 9.80 Å². The highest BCUT2D eigenvalue weighted by Gasteiger charge is 2.35. The molecule has 0 fully saturated rings. The molecule has 0 aliphatic carbocycles. The molecule has 0 saturated carbocycles. The minimum Gasteiger partial charge on any atom is -0.354 e. The second kappa shape index (κ2) is 15.8. The monoisotopic (exact) mass is 626 g/mol. The molecule has 7 nitrogen and oxygen atoms in total. The first kappa shape index (κ1) is 33.1. The van der Waals surface area contributed by atoms with Gasteiger partial charge in [-0.15, -0.1) is 0 Å². The lowest BCUT2D eigenvalue weighted by Crippen LogP contribution is -2.56. The zero-order chi connectivity index (χ0) is 33.2. The maximum Gasteiger partial charge on any atom is 0.254 e. The van der Waals surface area contributed by atoms with Crippen LogP contribution in [0.2, 0.25) is 0 Å². The molecule has 0 aromatic heterocycles. The molecule has 2 atom stereocenters. The summed E-state index contributed by atoms with van der Waals surface area (Å²) in [6.07, 6.45) is 1.28. The molecule has 0 bridgehead atoms. The van der Waals surface area contributed by atoms with Gasteiger partial charge in [0.15, 0.2) is 0 Å². The Labute approximate surface area is 277 Å². The molecule has 0 radical (unpaired) electrons. The fraction of sp³-hybridized carbons (Fsp3) is 0.225. The molecule has 0 heterocycles. The number of hydrogen-bond acceptors (Lipinski definition) is 4. The number of nitrogens with two attached hydrogens (primary N) is 1. The normalized spacial score (nSPS) is 12.2.